The molecular formula is C16H18Cl2N2O4. The number of benzene rings is 1. The van der Waals surface area contributed by atoms with Crippen LogP contribution in [0, 0.1) is 0 Å². The maximum atomic E-state index is 12.7. The summed E-state index contributed by atoms with van der Waals surface area (Å²) in [7, 11) is 0. The molecule has 2 amide bonds. The van der Waals surface area contributed by atoms with Crippen LogP contribution in [0.1, 0.15) is 36.5 Å². The third-order valence-corrected chi connectivity index (χ3v) is 4.56. The van der Waals surface area contributed by atoms with Crippen LogP contribution in [0.25, 0.3) is 0 Å². The van der Waals surface area contributed by atoms with Gasteiger partial charge in [-0.2, -0.15) is 0 Å². The molecule has 0 aromatic heterocycles. The van der Waals surface area contributed by atoms with E-state index in [1.807, 2.05) is 0 Å². The maximum absolute atomic E-state index is 12.7. The number of likely N-dealkylation sites (tertiary alicyclic amines) is 1. The second-order valence-electron chi connectivity index (χ2n) is 5.59. The highest BCUT2D eigenvalue weighted by molar-refractivity contribution is 6.35. The molecule has 2 atom stereocenters. The van der Waals surface area contributed by atoms with E-state index in [9.17, 15) is 14.4 Å². The molecule has 0 spiro atoms. The number of carbonyl (C=O) groups is 3. The smallest absolute Gasteiger partial charge is 0.326 e. The highest BCUT2D eigenvalue weighted by Crippen LogP contribution is 2.26. The summed E-state index contributed by atoms with van der Waals surface area (Å²) in [5, 5.41) is 12.2. The van der Waals surface area contributed by atoms with Crippen LogP contribution in [-0.2, 0) is 9.59 Å². The number of hydrogen-bond acceptors (Lipinski definition) is 3. The van der Waals surface area contributed by atoms with Crippen LogP contribution in [0.2, 0.25) is 10.0 Å². The van der Waals surface area contributed by atoms with Gasteiger partial charge in [-0.3, -0.25) is 9.59 Å². The number of nitrogens with zero attached hydrogens (tertiary/aromatic N) is 1. The Morgan fingerprint density at radius 1 is 1.38 bits per heavy atom. The molecule has 6 nitrogen and oxygen atoms in total. The molecule has 130 valence electrons. The molecule has 0 saturated carbocycles. The van der Waals surface area contributed by atoms with Crippen molar-refractivity contribution in [2.45, 2.75) is 38.3 Å². The Kier molecular flexibility index (Phi) is 6.07. The van der Waals surface area contributed by atoms with Crippen LogP contribution in [0.15, 0.2) is 18.2 Å². The van der Waals surface area contributed by atoms with E-state index in [0.717, 1.165) is 0 Å². The molecule has 2 unspecified atom stereocenters. The van der Waals surface area contributed by atoms with E-state index in [1.165, 1.54) is 17.0 Å². The van der Waals surface area contributed by atoms with E-state index in [4.69, 9.17) is 28.3 Å². The Balaban J connectivity index is 2.17. The largest absolute Gasteiger partial charge is 0.480 e. The first-order valence-corrected chi connectivity index (χ1v) is 8.40. The minimum Gasteiger partial charge on any atom is -0.480 e. The third-order valence-electron chi connectivity index (χ3n) is 4.00. The number of carboxylic acids is 1. The number of amides is 2. The SMILES string of the molecule is CCC(NC(=O)C1CCCN1C(=O)c1cc(Cl)ccc1Cl)C(=O)O. The molecule has 1 aromatic rings. The summed E-state index contributed by atoms with van der Waals surface area (Å²) >= 11 is 12.0. The molecule has 1 aliphatic rings. The lowest BCUT2D eigenvalue weighted by atomic mass is 10.1. The second-order valence-corrected chi connectivity index (χ2v) is 6.43. The summed E-state index contributed by atoms with van der Waals surface area (Å²) in [6.07, 6.45) is 1.40. The quantitative estimate of drug-likeness (QED) is 0.831. The molecule has 1 aliphatic heterocycles. The number of rotatable bonds is 5. The highest BCUT2D eigenvalue weighted by atomic mass is 35.5. The first kappa shape index (κ1) is 18.5. The molecule has 1 aromatic carbocycles. The monoisotopic (exact) mass is 372 g/mol. The predicted molar refractivity (Wildman–Crippen MR) is 90.4 cm³/mol. The standard InChI is InChI=1S/C16H18Cl2N2O4/c1-2-12(16(23)24)19-14(21)13-4-3-7-20(13)15(22)10-8-9(17)5-6-11(10)18/h5-6,8,12-13H,2-4,7H2,1H3,(H,19,21)(H,23,24). The second kappa shape index (κ2) is 7.85. The zero-order valence-corrected chi connectivity index (χ0v) is 14.6. The Hall–Kier alpha value is -1.79. The third kappa shape index (κ3) is 3.99. The number of carbonyl (C=O) groups excluding carboxylic acids is 2. The molecule has 8 heteroatoms. The van der Waals surface area contributed by atoms with Gasteiger partial charge in [0.2, 0.25) is 5.91 Å². The van der Waals surface area contributed by atoms with Crippen molar-refractivity contribution >= 4 is 41.0 Å². The first-order chi connectivity index (χ1) is 11.3. The summed E-state index contributed by atoms with van der Waals surface area (Å²) in [4.78, 5) is 37.6. The normalized spacial score (nSPS) is 18.3. The molecule has 1 heterocycles. The van der Waals surface area contributed by atoms with Gasteiger partial charge in [-0.1, -0.05) is 30.1 Å². The summed E-state index contributed by atoms with van der Waals surface area (Å²) in [5.74, 6) is -1.95. The zero-order valence-electron chi connectivity index (χ0n) is 13.1. The summed E-state index contributed by atoms with van der Waals surface area (Å²) in [6, 6.07) is 2.89. The van der Waals surface area contributed by atoms with Crippen LogP contribution < -0.4 is 5.32 Å². The highest BCUT2D eigenvalue weighted by Gasteiger charge is 2.36. The zero-order chi connectivity index (χ0) is 17.9. The molecule has 2 N–H and O–H groups in total. The van der Waals surface area contributed by atoms with Crippen molar-refractivity contribution in [2.24, 2.45) is 0 Å². The van der Waals surface area contributed by atoms with Crippen molar-refractivity contribution in [3.8, 4) is 0 Å². The van der Waals surface area contributed by atoms with Gasteiger partial charge in [0.25, 0.3) is 5.91 Å². The summed E-state index contributed by atoms with van der Waals surface area (Å²) in [6.45, 7) is 2.08. The maximum Gasteiger partial charge on any atom is 0.326 e. The van der Waals surface area contributed by atoms with E-state index in [2.05, 4.69) is 5.32 Å². The Bertz CT molecular complexity index is 665. The van der Waals surface area contributed by atoms with Crippen molar-refractivity contribution in [1.29, 1.82) is 0 Å². The van der Waals surface area contributed by atoms with Crippen molar-refractivity contribution < 1.29 is 19.5 Å². The summed E-state index contributed by atoms with van der Waals surface area (Å²) < 4.78 is 0. The van der Waals surface area contributed by atoms with Gasteiger partial charge in [0.15, 0.2) is 0 Å². The average Bonchev–Trinajstić information content (AvgIpc) is 3.03. The molecule has 1 saturated heterocycles. The van der Waals surface area contributed by atoms with Crippen molar-refractivity contribution in [1.82, 2.24) is 10.2 Å². The van der Waals surface area contributed by atoms with Crippen LogP contribution in [0.4, 0.5) is 0 Å². The van der Waals surface area contributed by atoms with Gasteiger partial charge in [0, 0.05) is 11.6 Å². The van der Waals surface area contributed by atoms with E-state index in [0.29, 0.717) is 24.4 Å². The Morgan fingerprint density at radius 2 is 2.08 bits per heavy atom. The average molecular weight is 373 g/mol. The van der Waals surface area contributed by atoms with Crippen molar-refractivity contribution in [3.05, 3.63) is 33.8 Å². The number of hydrogen-bond donors (Lipinski definition) is 2. The van der Waals surface area contributed by atoms with E-state index in [-0.39, 0.29) is 22.9 Å². The van der Waals surface area contributed by atoms with Gasteiger partial charge >= 0.3 is 5.97 Å². The van der Waals surface area contributed by atoms with Crippen LogP contribution in [0.3, 0.4) is 0 Å². The van der Waals surface area contributed by atoms with Gasteiger partial charge in [-0.05, 0) is 37.5 Å². The fraction of sp³-hybridized carbons (Fsp3) is 0.438. The number of aliphatic carboxylic acids is 1. The number of carboxylic acid groups (broad SMARTS) is 1. The van der Waals surface area contributed by atoms with Gasteiger partial charge in [-0.15, -0.1) is 0 Å². The lowest BCUT2D eigenvalue weighted by molar-refractivity contribution is -0.142. The van der Waals surface area contributed by atoms with E-state index < -0.39 is 24.0 Å². The number of halogens is 2. The van der Waals surface area contributed by atoms with E-state index in [1.54, 1.807) is 13.0 Å². The lowest BCUT2D eigenvalue weighted by Gasteiger charge is -2.25. The van der Waals surface area contributed by atoms with Crippen molar-refractivity contribution in [2.75, 3.05) is 6.54 Å². The molecule has 2 rings (SSSR count). The summed E-state index contributed by atoms with van der Waals surface area (Å²) in [5.41, 5.74) is 0.231. The Labute approximate surface area is 149 Å². The first-order valence-electron chi connectivity index (χ1n) is 7.64. The lowest BCUT2D eigenvalue weighted by Crippen LogP contribution is -2.50. The molecule has 1 fully saturated rings. The van der Waals surface area contributed by atoms with E-state index >= 15 is 0 Å². The van der Waals surface area contributed by atoms with Crippen LogP contribution in [0.5, 0.6) is 0 Å². The van der Waals surface area contributed by atoms with Gasteiger partial charge in [0.1, 0.15) is 12.1 Å². The Morgan fingerprint density at radius 3 is 2.71 bits per heavy atom. The molecule has 0 aliphatic carbocycles. The van der Waals surface area contributed by atoms with Crippen molar-refractivity contribution in [3.63, 3.8) is 0 Å². The fourth-order valence-electron chi connectivity index (χ4n) is 2.70. The topological polar surface area (TPSA) is 86.7 Å². The van der Waals surface area contributed by atoms with Gasteiger partial charge in [-0.25, -0.2) is 4.79 Å². The van der Waals surface area contributed by atoms with Gasteiger partial charge in [0.05, 0.1) is 10.6 Å². The minimum absolute atomic E-state index is 0.231. The van der Waals surface area contributed by atoms with Crippen LogP contribution >= 0.6 is 23.2 Å². The molecule has 0 bridgehead atoms. The molecule has 0 radical (unpaired) electrons. The minimum atomic E-state index is -1.10. The van der Waals surface area contributed by atoms with Gasteiger partial charge < -0.3 is 15.3 Å². The molecule has 24 heavy (non-hydrogen) atoms. The molecular weight excluding hydrogens is 355 g/mol. The number of nitrogens with one attached hydrogen (secondary N) is 1. The van der Waals surface area contributed by atoms with Crippen LogP contribution in [-0.4, -0.2) is 46.4 Å². The predicted octanol–water partition coefficient (Wildman–Crippen LogP) is 2.58. The fourth-order valence-corrected chi connectivity index (χ4v) is 3.08.